The normalized spacial score (nSPS) is 22.9. The molecular weight excluding hydrogens is 558 g/mol. The van der Waals surface area contributed by atoms with Crippen molar-refractivity contribution >= 4 is 27.5 Å². The van der Waals surface area contributed by atoms with Crippen LogP contribution < -0.4 is 9.64 Å². The Bertz CT molecular complexity index is 1700. The Morgan fingerprint density at radius 2 is 1.84 bits per heavy atom. The number of nitrogens with zero attached hydrogens (tertiary/aromatic N) is 6. The van der Waals surface area contributed by atoms with Crippen LogP contribution in [0.15, 0.2) is 42.6 Å². The minimum atomic E-state index is -0.859. The minimum absolute atomic E-state index is 0.0295. The maximum absolute atomic E-state index is 16.8. The van der Waals surface area contributed by atoms with Gasteiger partial charge in [0.2, 0.25) is 0 Å². The third kappa shape index (κ3) is 4.79. The van der Waals surface area contributed by atoms with Crippen molar-refractivity contribution in [1.29, 1.82) is 0 Å². The van der Waals surface area contributed by atoms with Crippen LogP contribution in [0.2, 0.25) is 0 Å². The molecular formula is C35H42F2N6O. The zero-order valence-electron chi connectivity index (χ0n) is 26.2. The molecule has 2 aromatic carbocycles. The predicted molar refractivity (Wildman–Crippen MR) is 172 cm³/mol. The first kappa shape index (κ1) is 29.3. The van der Waals surface area contributed by atoms with E-state index in [1.54, 1.807) is 6.20 Å². The molecule has 4 aromatic rings. The number of fused-ring (bicyclic) bond motifs is 3. The summed E-state index contributed by atoms with van der Waals surface area (Å²) in [5, 5.41) is 2.61. The molecule has 1 saturated carbocycles. The van der Waals surface area contributed by atoms with E-state index in [4.69, 9.17) is 14.7 Å². The first-order valence-corrected chi connectivity index (χ1v) is 16.0. The van der Waals surface area contributed by atoms with Crippen molar-refractivity contribution in [2.75, 3.05) is 52.3 Å². The number of rotatable bonds is 9. The second-order valence-electron chi connectivity index (χ2n) is 13.4. The molecule has 2 aliphatic heterocycles. The third-order valence-corrected chi connectivity index (χ3v) is 10.6. The highest BCUT2D eigenvalue weighted by Crippen LogP contribution is 2.42. The van der Waals surface area contributed by atoms with E-state index in [0.717, 1.165) is 67.1 Å². The molecule has 2 saturated heterocycles. The average Bonchev–Trinajstić information content (AvgIpc) is 3.52. The number of likely N-dealkylation sites (N-methyl/N-ethyl adjacent to an activating group) is 2. The van der Waals surface area contributed by atoms with Gasteiger partial charge in [0.1, 0.15) is 29.8 Å². The summed E-state index contributed by atoms with van der Waals surface area (Å²) in [4.78, 5) is 20.9. The van der Waals surface area contributed by atoms with E-state index in [0.29, 0.717) is 24.2 Å². The third-order valence-electron chi connectivity index (χ3n) is 10.6. The molecule has 232 valence electrons. The molecule has 44 heavy (non-hydrogen) atoms. The number of pyridine rings is 1. The SMILES string of the molecule is CCc1cccc2cccc(-c3ncc4c(N(C)CC5(N(C)C)CCC5)nc(OC[C@@]56CCCN5C[C@H](F)C6)nc4c3F)c12. The van der Waals surface area contributed by atoms with Crippen LogP contribution in [0.25, 0.3) is 32.9 Å². The molecule has 1 aliphatic carbocycles. The van der Waals surface area contributed by atoms with Gasteiger partial charge >= 0.3 is 6.01 Å². The fourth-order valence-corrected chi connectivity index (χ4v) is 7.97. The summed E-state index contributed by atoms with van der Waals surface area (Å²) in [6.07, 6.45) is 7.39. The van der Waals surface area contributed by atoms with Gasteiger partial charge in [-0.15, -0.1) is 0 Å². The summed E-state index contributed by atoms with van der Waals surface area (Å²) in [6, 6.07) is 12.2. The fraction of sp³-hybridized carbons (Fsp3) is 0.514. The Kier molecular flexibility index (Phi) is 7.44. The van der Waals surface area contributed by atoms with E-state index in [1.807, 2.05) is 25.2 Å². The first-order valence-electron chi connectivity index (χ1n) is 16.0. The lowest BCUT2D eigenvalue weighted by molar-refractivity contribution is 0.0681. The van der Waals surface area contributed by atoms with E-state index in [2.05, 4.69) is 58.9 Å². The van der Waals surface area contributed by atoms with Crippen molar-refractivity contribution in [3.05, 3.63) is 54.0 Å². The van der Waals surface area contributed by atoms with Crippen molar-refractivity contribution in [3.63, 3.8) is 0 Å². The van der Waals surface area contributed by atoms with Crippen molar-refractivity contribution < 1.29 is 13.5 Å². The predicted octanol–water partition coefficient (Wildman–Crippen LogP) is 6.42. The molecule has 3 fully saturated rings. The number of halogens is 2. The van der Waals surface area contributed by atoms with Gasteiger partial charge in [-0.25, -0.2) is 8.78 Å². The number of alkyl halides is 1. The number of hydrogen-bond acceptors (Lipinski definition) is 7. The number of hydrogen-bond donors (Lipinski definition) is 0. The minimum Gasteiger partial charge on any atom is -0.461 e. The van der Waals surface area contributed by atoms with Gasteiger partial charge in [-0.1, -0.05) is 43.3 Å². The standard InChI is InChI=1S/C35H42F2N6O/c1-5-23-10-6-11-24-12-7-13-26(28(23)24)30-29(37)31-27(19-38-30)32(42(4)21-34(41(2)3)14-8-15-34)40-33(39-31)44-22-35-16-9-17-43(35)20-25(36)18-35/h6-7,10-13,19,25H,5,8-9,14-18,20-22H2,1-4H3/t25-,35+/m1/s1. The lowest BCUT2D eigenvalue weighted by atomic mass is 9.75. The van der Waals surface area contributed by atoms with Gasteiger partial charge in [-0.2, -0.15) is 9.97 Å². The van der Waals surface area contributed by atoms with Gasteiger partial charge in [-0.05, 0) is 75.5 Å². The van der Waals surface area contributed by atoms with Gasteiger partial charge in [-0.3, -0.25) is 9.88 Å². The summed E-state index contributed by atoms with van der Waals surface area (Å²) in [6.45, 7) is 4.44. The highest BCUT2D eigenvalue weighted by molar-refractivity contribution is 6.00. The topological polar surface area (TPSA) is 57.6 Å². The molecule has 3 aliphatic rings. The molecule has 9 heteroatoms. The van der Waals surface area contributed by atoms with Crippen LogP contribution in [-0.2, 0) is 6.42 Å². The number of ether oxygens (including phenoxy) is 1. The molecule has 0 amide bonds. The van der Waals surface area contributed by atoms with Gasteiger partial charge in [0.15, 0.2) is 5.82 Å². The van der Waals surface area contributed by atoms with Crippen LogP contribution in [0.3, 0.4) is 0 Å². The van der Waals surface area contributed by atoms with Crippen LogP contribution in [0.5, 0.6) is 6.01 Å². The van der Waals surface area contributed by atoms with Crippen molar-refractivity contribution in [1.82, 2.24) is 24.8 Å². The van der Waals surface area contributed by atoms with Crippen LogP contribution >= 0.6 is 0 Å². The number of anilines is 1. The molecule has 0 N–H and O–H groups in total. The monoisotopic (exact) mass is 600 g/mol. The second kappa shape index (κ2) is 11.2. The highest BCUT2D eigenvalue weighted by Gasteiger charge is 2.49. The summed E-state index contributed by atoms with van der Waals surface area (Å²) in [7, 11) is 6.24. The quantitative estimate of drug-likeness (QED) is 0.220. The van der Waals surface area contributed by atoms with Crippen LogP contribution in [0.4, 0.5) is 14.6 Å². The van der Waals surface area contributed by atoms with Crippen molar-refractivity contribution in [3.8, 4) is 17.3 Å². The van der Waals surface area contributed by atoms with Crippen molar-refractivity contribution in [2.45, 2.75) is 69.1 Å². The molecule has 7 nitrogen and oxygen atoms in total. The van der Waals surface area contributed by atoms with Gasteiger partial charge in [0, 0.05) is 43.9 Å². The van der Waals surface area contributed by atoms with E-state index < -0.39 is 12.0 Å². The van der Waals surface area contributed by atoms with E-state index >= 15 is 4.39 Å². The molecule has 0 radical (unpaired) electrons. The van der Waals surface area contributed by atoms with Gasteiger partial charge in [0.25, 0.3) is 0 Å². The Balaban J connectivity index is 1.34. The summed E-state index contributed by atoms with van der Waals surface area (Å²) in [5.41, 5.74) is 2.02. The Labute approximate surface area is 258 Å². The number of benzene rings is 2. The maximum Gasteiger partial charge on any atom is 0.319 e. The zero-order valence-corrected chi connectivity index (χ0v) is 26.2. The van der Waals surface area contributed by atoms with Crippen LogP contribution in [0.1, 0.15) is 51.0 Å². The second-order valence-corrected chi connectivity index (χ2v) is 13.4. The van der Waals surface area contributed by atoms with E-state index in [9.17, 15) is 4.39 Å². The zero-order chi connectivity index (χ0) is 30.6. The molecule has 0 unspecified atom stereocenters. The summed E-state index contributed by atoms with van der Waals surface area (Å²) < 4.78 is 37.6. The van der Waals surface area contributed by atoms with Crippen LogP contribution in [-0.4, -0.2) is 89.4 Å². The summed E-state index contributed by atoms with van der Waals surface area (Å²) >= 11 is 0. The highest BCUT2D eigenvalue weighted by atomic mass is 19.1. The Morgan fingerprint density at radius 3 is 2.57 bits per heavy atom. The fourth-order valence-electron chi connectivity index (χ4n) is 7.97. The van der Waals surface area contributed by atoms with Gasteiger partial charge < -0.3 is 14.5 Å². The van der Waals surface area contributed by atoms with E-state index in [-0.39, 0.29) is 34.9 Å². The van der Waals surface area contributed by atoms with Crippen LogP contribution in [0, 0.1) is 5.82 Å². The largest absolute Gasteiger partial charge is 0.461 e. The molecule has 7 rings (SSSR count). The van der Waals surface area contributed by atoms with Gasteiger partial charge in [0.05, 0.1) is 10.9 Å². The number of aromatic nitrogens is 3. The van der Waals surface area contributed by atoms with Crippen molar-refractivity contribution in [2.24, 2.45) is 0 Å². The van der Waals surface area contributed by atoms with E-state index in [1.165, 1.54) is 6.42 Å². The lowest BCUT2D eigenvalue weighted by Gasteiger charge is -2.49. The summed E-state index contributed by atoms with van der Waals surface area (Å²) in [5.74, 6) is 0.109. The maximum atomic E-state index is 16.8. The molecule has 0 spiro atoms. The molecule has 2 atom stereocenters. The lowest BCUT2D eigenvalue weighted by Crippen LogP contribution is -2.56. The molecule has 2 aromatic heterocycles. The Morgan fingerprint density at radius 1 is 1.05 bits per heavy atom. The first-order chi connectivity index (χ1) is 21.2. The number of aryl methyl sites for hydroxylation is 1. The molecule has 4 heterocycles. The average molecular weight is 601 g/mol. The molecule has 0 bridgehead atoms. The smallest absolute Gasteiger partial charge is 0.319 e. The Hall–Kier alpha value is -3.43.